The maximum atomic E-state index is 12.5. The summed E-state index contributed by atoms with van der Waals surface area (Å²) in [6, 6.07) is 11.7. The van der Waals surface area contributed by atoms with Crippen LogP contribution in [0.25, 0.3) is 0 Å². The molecule has 152 valence electrons. The van der Waals surface area contributed by atoms with Crippen LogP contribution in [0.2, 0.25) is 0 Å². The van der Waals surface area contributed by atoms with Gasteiger partial charge in [0.05, 0.1) is 24.2 Å². The summed E-state index contributed by atoms with van der Waals surface area (Å²) in [5.74, 6) is 0.357. The minimum Gasteiger partial charge on any atom is -0.468 e. The van der Waals surface area contributed by atoms with Crippen molar-refractivity contribution in [3.8, 4) is 0 Å². The molecular formula is C20H21N3O4S2. The number of fused-ring (bicyclic) bond motifs is 1. The normalized spacial score (nSPS) is 14.5. The van der Waals surface area contributed by atoms with Crippen LogP contribution < -0.4 is 10.0 Å². The Balaban J connectivity index is 1.36. The largest absolute Gasteiger partial charge is 0.468 e. The van der Waals surface area contributed by atoms with E-state index >= 15 is 0 Å². The third-order valence-corrected chi connectivity index (χ3v) is 7.12. The molecule has 0 radical (unpaired) electrons. The standard InChI is InChI=1S/C20H21N3O4S2/c24-20(14-23-8-6-19-15(13-23)7-10-28-19)22-16-3-1-5-18(11-16)29(25,26)21-12-17-4-2-9-27-17/h1-5,7,9-11,21H,6,8,12-14H2,(H,22,24). The Morgan fingerprint density at radius 1 is 1.21 bits per heavy atom. The highest BCUT2D eigenvalue weighted by molar-refractivity contribution is 7.89. The van der Waals surface area contributed by atoms with Crippen LogP contribution in [-0.4, -0.2) is 32.3 Å². The molecule has 0 spiro atoms. The summed E-state index contributed by atoms with van der Waals surface area (Å²) >= 11 is 1.76. The zero-order valence-corrected chi connectivity index (χ0v) is 17.3. The van der Waals surface area contributed by atoms with Gasteiger partial charge in [-0.05, 0) is 53.8 Å². The Kier molecular flexibility index (Phi) is 5.81. The van der Waals surface area contributed by atoms with E-state index < -0.39 is 10.0 Å². The third kappa shape index (κ3) is 4.94. The van der Waals surface area contributed by atoms with Gasteiger partial charge in [-0.25, -0.2) is 13.1 Å². The summed E-state index contributed by atoms with van der Waals surface area (Å²) in [6.07, 6.45) is 2.44. The zero-order valence-electron chi connectivity index (χ0n) is 15.6. The maximum Gasteiger partial charge on any atom is 0.241 e. The molecule has 1 amide bonds. The molecule has 3 aromatic rings. The number of hydrogen-bond donors (Lipinski definition) is 2. The van der Waals surface area contributed by atoms with Crippen molar-refractivity contribution in [1.82, 2.24) is 9.62 Å². The molecule has 0 atom stereocenters. The first-order valence-corrected chi connectivity index (χ1v) is 11.6. The molecule has 1 aromatic carbocycles. The molecule has 29 heavy (non-hydrogen) atoms. The molecule has 9 heteroatoms. The van der Waals surface area contributed by atoms with E-state index in [4.69, 9.17) is 4.42 Å². The smallest absolute Gasteiger partial charge is 0.241 e. The second-order valence-corrected chi connectivity index (χ2v) is 9.58. The first-order chi connectivity index (χ1) is 14.0. The molecule has 7 nitrogen and oxygen atoms in total. The van der Waals surface area contributed by atoms with Crippen LogP contribution in [0.5, 0.6) is 0 Å². The highest BCUT2D eigenvalue weighted by Gasteiger charge is 2.20. The molecule has 1 aliphatic heterocycles. The van der Waals surface area contributed by atoms with Crippen molar-refractivity contribution in [2.45, 2.75) is 24.4 Å². The highest BCUT2D eigenvalue weighted by Crippen LogP contribution is 2.24. The summed E-state index contributed by atoms with van der Waals surface area (Å²) in [6.45, 7) is 1.93. The molecule has 0 saturated heterocycles. The van der Waals surface area contributed by atoms with E-state index in [1.807, 2.05) is 0 Å². The van der Waals surface area contributed by atoms with Crippen molar-refractivity contribution in [3.05, 3.63) is 70.3 Å². The molecular weight excluding hydrogens is 410 g/mol. The number of nitrogens with zero attached hydrogens (tertiary/aromatic N) is 1. The van der Waals surface area contributed by atoms with Gasteiger partial charge in [-0.2, -0.15) is 0 Å². The third-order valence-electron chi connectivity index (χ3n) is 4.70. The van der Waals surface area contributed by atoms with Crippen LogP contribution in [0, 0.1) is 0 Å². The van der Waals surface area contributed by atoms with Crippen LogP contribution in [0.3, 0.4) is 0 Å². The Bertz CT molecular complexity index is 1090. The van der Waals surface area contributed by atoms with Crippen LogP contribution in [0.4, 0.5) is 5.69 Å². The Hall–Kier alpha value is -2.46. The van der Waals surface area contributed by atoms with Gasteiger partial charge in [-0.3, -0.25) is 9.69 Å². The molecule has 0 aliphatic carbocycles. The number of amides is 1. The topological polar surface area (TPSA) is 91.7 Å². The van der Waals surface area contributed by atoms with Crippen LogP contribution in [0.1, 0.15) is 16.2 Å². The van der Waals surface area contributed by atoms with E-state index in [0.29, 0.717) is 11.4 Å². The van der Waals surface area contributed by atoms with Gasteiger partial charge < -0.3 is 9.73 Å². The van der Waals surface area contributed by atoms with Crippen molar-refractivity contribution in [1.29, 1.82) is 0 Å². The second-order valence-electron chi connectivity index (χ2n) is 6.81. The fourth-order valence-corrected chi connectivity index (χ4v) is 5.18. The Morgan fingerprint density at radius 2 is 2.10 bits per heavy atom. The molecule has 0 bridgehead atoms. The highest BCUT2D eigenvalue weighted by atomic mass is 32.2. The minimum atomic E-state index is -3.72. The molecule has 4 rings (SSSR count). The van der Waals surface area contributed by atoms with E-state index in [1.165, 1.54) is 28.8 Å². The molecule has 0 fully saturated rings. The summed E-state index contributed by atoms with van der Waals surface area (Å²) < 4.78 is 32.6. The van der Waals surface area contributed by atoms with Crippen LogP contribution in [0.15, 0.2) is 63.4 Å². The first-order valence-electron chi connectivity index (χ1n) is 9.19. The molecule has 2 N–H and O–H groups in total. The first kappa shape index (κ1) is 19.8. The van der Waals surface area contributed by atoms with E-state index in [1.54, 1.807) is 35.6 Å². The average Bonchev–Trinajstić information content (AvgIpc) is 3.38. The number of furan rings is 1. The Morgan fingerprint density at radius 3 is 2.93 bits per heavy atom. The van der Waals surface area contributed by atoms with Crippen LogP contribution >= 0.6 is 11.3 Å². The van der Waals surface area contributed by atoms with Crippen molar-refractivity contribution in [2.75, 3.05) is 18.4 Å². The quantitative estimate of drug-likeness (QED) is 0.600. The van der Waals surface area contributed by atoms with Gasteiger partial charge in [0, 0.05) is 23.7 Å². The fraction of sp³-hybridized carbons (Fsp3) is 0.250. The van der Waals surface area contributed by atoms with Gasteiger partial charge in [0.2, 0.25) is 15.9 Å². The number of benzene rings is 1. The molecule has 1 aliphatic rings. The maximum absolute atomic E-state index is 12.5. The lowest BCUT2D eigenvalue weighted by Gasteiger charge is -2.26. The lowest BCUT2D eigenvalue weighted by molar-refractivity contribution is -0.117. The zero-order chi connectivity index (χ0) is 20.3. The number of hydrogen-bond acceptors (Lipinski definition) is 6. The van der Waals surface area contributed by atoms with E-state index in [0.717, 1.165) is 19.5 Å². The Labute approximate surface area is 173 Å². The van der Waals surface area contributed by atoms with Gasteiger partial charge in [-0.1, -0.05) is 6.07 Å². The van der Waals surface area contributed by atoms with Crippen molar-refractivity contribution in [3.63, 3.8) is 0 Å². The molecule has 3 heterocycles. The number of rotatable bonds is 7. The lowest BCUT2D eigenvalue weighted by Crippen LogP contribution is -2.36. The van der Waals surface area contributed by atoms with Gasteiger partial charge >= 0.3 is 0 Å². The van der Waals surface area contributed by atoms with Gasteiger partial charge in [0.15, 0.2) is 0 Å². The SMILES string of the molecule is O=C(CN1CCc2sccc2C1)Nc1cccc(S(=O)(=O)NCc2ccco2)c1. The number of anilines is 1. The number of thiophene rings is 1. The minimum absolute atomic E-state index is 0.0610. The van der Waals surface area contributed by atoms with E-state index in [2.05, 4.69) is 26.4 Å². The van der Waals surface area contributed by atoms with Gasteiger partial charge in [0.25, 0.3) is 0 Å². The summed E-state index contributed by atoms with van der Waals surface area (Å²) in [7, 11) is -3.72. The summed E-state index contributed by atoms with van der Waals surface area (Å²) in [5, 5.41) is 4.88. The summed E-state index contributed by atoms with van der Waals surface area (Å²) in [4.78, 5) is 16.0. The average molecular weight is 432 g/mol. The monoisotopic (exact) mass is 431 g/mol. The van der Waals surface area contributed by atoms with Crippen molar-refractivity contribution >= 4 is 33.0 Å². The van der Waals surface area contributed by atoms with E-state index in [9.17, 15) is 13.2 Å². The lowest BCUT2D eigenvalue weighted by atomic mass is 10.1. The van der Waals surface area contributed by atoms with Crippen LogP contribution in [-0.2, 0) is 34.3 Å². The number of carbonyl (C=O) groups is 1. The van der Waals surface area contributed by atoms with Crippen molar-refractivity contribution in [2.24, 2.45) is 0 Å². The second kappa shape index (κ2) is 8.50. The van der Waals surface area contributed by atoms with Gasteiger partial charge in [0.1, 0.15) is 5.76 Å². The summed E-state index contributed by atoms with van der Waals surface area (Å²) in [5.41, 5.74) is 1.73. The fourth-order valence-electron chi connectivity index (χ4n) is 3.25. The number of carbonyl (C=O) groups excluding carboxylic acids is 1. The van der Waals surface area contributed by atoms with E-state index in [-0.39, 0.29) is 23.9 Å². The van der Waals surface area contributed by atoms with Gasteiger partial charge in [-0.15, -0.1) is 11.3 Å². The predicted octanol–water partition coefficient (Wildman–Crippen LogP) is 2.82. The van der Waals surface area contributed by atoms with Crippen molar-refractivity contribution < 1.29 is 17.6 Å². The predicted molar refractivity (Wildman–Crippen MR) is 111 cm³/mol. The molecule has 0 saturated carbocycles. The molecule has 0 unspecified atom stereocenters. The molecule has 2 aromatic heterocycles. The number of sulfonamides is 1. The number of nitrogens with one attached hydrogen (secondary N) is 2.